The van der Waals surface area contributed by atoms with Crippen LogP contribution in [-0.4, -0.2) is 16.1 Å². The lowest BCUT2D eigenvalue weighted by Gasteiger charge is -2.11. The van der Waals surface area contributed by atoms with Crippen LogP contribution in [-0.2, 0) is 6.54 Å². The van der Waals surface area contributed by atoms with Crippen molar-refractivity contribution in [3.63, 3.8) is 0 Å². The average Bonchev–Trinajstić information content (AvgIpc) is 2.28. The minimum atomic E-state index is -0.498. The average molecular weight is 236 g/mol. The molecule has 6 heteroatoms. The molecule has 0 spiro atoms. The highest BCUT2D eigenvalue weighted by atomic mass is 16.2. The number of anilines is 2. The van der Waals surface area contributed by atoms with Crippen molar-refractivity contribution in [2.24, 2.45) is 0 Å². The largest absolute Gasteiger partial charge is 0.383 e. The quantitative estimate of drug-likeness (QED) is 0.505. The van der Waals surface area contributed by atoms with Gasteiger partial charge in [-0.1, -0.05) is 0 Å². The van der Waals surface area contributed by atoms with Crippen LogP contribution in [0.15, 0.2) is 9.59 Å². The number of nitrogens with one attached hydrogen (secondary N) is 2. The van der Waals surface area contributed by atoms with Crippen LogP contribution < -0.4 is 22.3 Å². The summed E-state index contributed by atoms with van der Waals surface area (Å²) in [6.45, 7) is 4.45. The lowest BCUT2D eigenvalue weighted by molar-refractivity contribution is 0.706. The molecule has 0 saturated carbocycles. The fraction of sp³-hybridized carbons (Fsp3) is 0.455. The Morgan fingerprint density at radius 2 is 2.18 bits per heavy atom. The van der Waals surface area contributed by atoms with Crippen LogP contribution in [0.25, 0.3) is 0 Å². The summed E-state index contributed by atoms with van der Waals surface area (Å²) >= 11 is 0. The molecule has 1 heterocycles. The zero-order chi connectivity index (χ0) is 12.8. The van der Waals surface area contributed by atoms with Crippen molar-refractivity contribution in [3.8, 4) is 11.8 Å². The Labute approximate surface area is 98.8 Å². The summed E-state index contributed by atoms with van der Waals surface area (Å²) in [7, 11) is 0. The first-order chi connectivity index (χ1) is 8.11. The fourth-order valence-corrected chi connectivity index (χ4v) is 1.45. The van der Waals surface area contributed by atoms with Crippen molar-refractivity contribution >= 4 is 11.5 Å². The maximum Gasteiger partial charge on any atom is 0.330 e. The summed E-state index contributed by atoms with van der Waals surface area (Å²) in [4.78, 5) is 25.2. The van der Waals surface area contributed by atoms with Crippen LogP contribution >= 0.6 is 0 Å². The van der Waals surface area contributed by atoms with Crippen LogP contribution in [0.4, 0.5) is 11.5 Å². The van der Waals surface area contributed by atoms with Gasteiger partial charge in [-0.3, -0.25) is 14.3 Å². The maximum absolute atomic E-state index is 11.5. The topological polar surface area (TPSA) is 92.9 Å². The Bertz CT molecular complexity index is 560. The molecule has 17 heavy (non-hydrogen) atoms. The minimum Gasteiger partial charge on any atom is -0.383 e. The molecule has 0 atom stereocenters. The Kier molecular flexibility index (Phi) is 4.40. The molecular weight excluding hydrogens is 220 g/mol. The van der Waals surface area contributed by atoms with Gasteiger partial charge in [-0.15, -0.1) is 11.8 Å². The van der Waals surface area contributed by atoms with Gasteiger partial charge in [0.2, 0.25) is 0 Å². The third kappa shape index (κ3) is 2.91. The first-order valence-electron chi connectivity index (χ1n) is 5.37. The molecular formula is C11H16N4O2. The Morgan fingerprint density at radius 3 is 2.76 bits per heavy atom. The van der Waals surface area contributed by atoms with Gasteiger partial charge in [-0.2, -0.15) is 0 Å². The molecule has 0 bridgehead atoms. The second kappa shape index (κ2) is 5.80. The van der Waals surface area contributed by atoms with Gasteiger partial charge in [0.15, 0.2) is 0 Å². The lowest BCUT2D eigenvalue weighted by atomic mass is 10.4. The van der Waals surface area contributed by atoms with Crippen molar-refractivity contribution in [1.29, 1.82) is 0 Å². The van der Waals surface area contributed by atoms with Crippen LogP contribution in [0.5, 0.6) is 0 Å². The molecule has 4 N–H and O–H groups in total. The van der Waals surface area contributed by atoms with E-state index in [4.69, 9.17) is 5.73 Å². The number of aromatic nitrogens is 2. The summed E-state index contributed by atoms with van der Waals surface area (Å²) in [5, 5.41) is 2.89. The zero-order valence-electron chi connectivity index (χ0n) is 9.96. The molecule has 1 aromatic rings. The van der Waals surface area contributed by atoms with Crippen molar-refractivity contribution < 1.29 is 0 Å². The van der Waals surface area contributed by atoms with Crippen molar-refractivity contribution in [3.05, 3.63) is 20.8 Å². The molecule has 0 unspecified atom stereocenters. The Balaban J connectivity index is 3.02. The van der Waals surface area contributed by atoms with E-state index in [9.17, 15) is 9.59 Å². The third-order valence-electron chi connectivity index (χ3n) is 2.28. The van der Waals surface area contributed by atoms with E-state index in [1.54, 1.807) is 13.8 Å². The number of nitrogens with zero attached hydrogens (tertiary/aromatic N) is 1. The van der Waals surface area contributed by atoms with Crippen molar-refractivity contribution in [1.82, 2.24) is 9.55 Å². The molecule has 0 amide bonds. The summed E-state index contributed by atoms with van der Waals surface area (Å²) < 4.78 is 1.30. The predicted molar refractivity (Wildman–Crippen MR) is 68.0 cm³/mol. The number of rotatable bonds is 4. The molecule has 0 aliphatic heterocycles. The van der Waals surface area contributed by atoms with Crippen molar-refractivity contribution in [2.45, 2.75) is 26.8 Å². The molecule has 0 radical (unpaired) electrons. The SMILES string of the molecule is CC#CCCNc1c(N)n(CC)c(=O)[nH]c1=O. The second-order valence-corrected chi connectivity index (χ2v) is 3.37. The Hall–Kier alpha value is -2.16. The number of nitrogen functional groups attached to an aromatic ring is 1. The molecule has 0 saturated heterocycles. The van der Waals surface area contributed by atoms with E-state index in [1.165, 1.54) is 4.57 Å². The molecule has 0 fully saturated rings. The zero-order valence-corrected chi connectivity index (χ0v) is 9.96. The fourth-order valence-electron chi connectivity index (χ4n) is 1.45. The van der Waals surface area contributed by atoms with E-state index in [0.717, 1.165) is 0 Å². The number of H-pyrrole nitrogens is 1. The van der Waals surface area contributed by atoms with Crippen LogP contribution in [0.2, 0.25) is 0 Å². The summed E-state index contributed by atoms with van der Waals surface area (Å²) in [6, 6.07) is 0. The van der Waals surface area contributed by atoms with E-state index in [0.29, 0.717) is 19.5 Å². The number of aromatic amines is 1. The van der Waals surface area contributed by atoms with Crippen molar-refractivity contribution in [2.75, 3.05) is 17.6 Å². The highest BCUT2D eigenvalue weighted by Crippen LogP contribution is 2.09. The maximum atomic E-state index is 11.5. The predicted octanol–water partition coefficient (Wildman–Crippen LogP) is -0.0360. The van der Waals surface area contributed by atoms with E-state index in [-0.39, 0.29) is 11.5 Å². The van der Waals surface area contributed by atoms with Gasteiger partial charge in [0.05, 0.1) is 0 Å². The van der Waals surface area contributed by atoms with Crippen LogP contribution in [0.3, 0.4) is 0 Å². The molecule has 92 valence electrons. The first kappa shape index (κ1) is 12.9. The molecule has 6 nitrogen and oxygen atoms in total. The normalized spacial score (nSPS) is 9.53. The van der Waals surface area contributed by atoms with Crippen LogP contribution in [0.1, 0.15) is 20.3 Å². The molecule has 1 rings (SSSR count). The first-order valence-corrected chi connectivity index (χ1v) is 5.37. The van der Waals surface area contributed by atoms with Gasteiger partial charge >= 0.3 is 5.69 Å². The number of hydrogen-bond acceptors (Lipinski definition) is 4. The monoisotopic (exact) mass is 236 g/mol. The smallest absolute Gasteiger partial charge is 0.330 e. The molecule has 0 aromatic carbocycles. The standard InChI is InChI=1S/C11H16N4O2/c1-3-5-6-7-13-8-9(12)15(4-2)11(17)14-10(8)16/h13H,4,6-7,12H2,1-2H3,(H,14,16,17). The van der Waals surface area contributed by atoms with Gasteiger partial charge in [0.25, 0.3) is 5.56 Å². The van der Waals surface area contributed by atoms with Gasteiger partial charge in [0, 0.05) is 19.5 Å². The second-order valence-electron chi connectivity index (χ2n) is 3.37. The number of hydrogen-bond donors (Lipinski definition) is 3. The summed E-state index contributed by atoms with van der Waals surface area (Å²) in [6.07, 6.45) is 0.612. The van der Waals surface area contributed by atoms with Gasteiger partial charge < -0.3 is 11.1 Å². The molecule has 0 aliphatic rings. The molecule has 1 aromatic heterocycles. The summed E-state index contributed by atoms with van der Waals surface area (Å²) in [5.74, 6) is 5.77. The van der Waals surface area contributed by atoms with E-state index < -0.39 is 11.2 Å². The van der Waals surface area contributed by atoms with Crippen LogP contribution in [0, 0.1) is 11.8 Å². The van der Waals surface area contributed by atoms with E-state index in [1.807, 2.05) is 0 Å². The molecule has 0 aliphatic carbocycles. The van der Waals surface area contributed by atoms with E-state index >= 15 is 0 Å². The lowest BCUT2D eigenvalue weighted by Crippen LogP contribution is -2.33. The van der Waals surface area contributed by atoms with Gasteiger partial charge in [-0.05, 0) is 13.8 Å². The highest BCUT2D eigenvalue weighted by Gasteiger charge is 2.09. The highest BCUT2D eigenvalue weighted by molar-refractivity contribution is 5.60. The summed E-state index contributed by atoms with van der Waals surface area (Å²) in [5.41, 5.74) is 4.99. The number of nitrogens with two attached hydrogens (primary N) is 1. The minimum absolute atomic E-state index is 0.158. The Morgan fingerprint density at radius 1 is 1.47 bits per heavy atom. The van der Waals surface area contributed by atoms with Gasteiger partial charge in [0.1, 0.15) is 11.5 Å². The third-order valence-corrected chi connectivity index (χ3v) is 2.28. The van der Waals surface area contributed by atoms with E-state index in [2.05, 4.69) is 22.1 Å². The van der Waals surface area contributed by atoms with Gasteiger partial charge in [-0.25, -0.2) is 4.79 Å².